The predicted molar refractivity (Wildman–Crippen MR) is 99.3 cm³/mol. The summed E-state index contributed by atoms with van der Waals surface area (Å²) in [5.41, 5.74) is 2.60. The van der Waals surface area contributed by atoms with Crippen molar-refractivity contribution in [1.82, 2.24) is 9.88 Å². The molecule has 0 aliphatic carbocycles. The number of carbonyl (C=O) groups is 2. The van der Waals surface area contributed by atoms with Crippen molar-refractivity contribution < 1.29 is 18.7 Å². The number of oxazole rings is 1. The minimum atomic E-state index is -0.425. The first-order chi connectivity index (χ1) is 13.0. The van der Waals surface area contributed by atoms with E-state index in [1.54, 1.807) is 36.4 Å². The van der Waals surface area contributed by atoms with E-state index in [1.165, 1.54) is 11.5 Å². The highest BCUT2D eigenvalue weighted by Crippen LogP contribution is 2.12. The number of aryl methyl sites for hydroxylation is 1. The van der Waals surface area contributed by atoms with Crippen LogP contribution in [0.15, 0.2) is 57.7 Å². The quantitative estimate of drug-likeness (QED) is 0.511. The molecule has 0 fully saturated rings. The van der Waals surface area contributed by atoms with Crippen LogP contribution in [0.4, 0.5) is 0 Å². The molecule has 7 nitrogen and oxygen atoms in total. The standard InChI is InChI=1S/C20H20N2O5/c1-14(23)21-13-15-7-9-16(10-8-15)19(24)26-12-4-11-22-17-5-2-3-6-18(17)27-20(22)25/h2-3,5-10H,4,11-13H2,1H3,(H,21,23). The summed E-state index contributed by atoms with van der Waals surface area (Å²) >= 11 is 0. The molecule has 1 N–H and O–H groups in total. The van der Waals surface area contributed by atoms with E-state index in [0.29, 0.717) is 30.7 Å². The lowest BCUT2D eigenvalue weighted by molar-refractivity contribution is -0.119. The van der Waals surface area contributed by atoms with Crippen LogP contribution in [0, 0.1) is 0 Å². The molecule has 2 aromatic carbocycles. The molecule has 1 amide bonds. The van der Waals surface area contributed by atoms with Gasteiger partial charge in [-0.05, 0) is 36.2 Å². The number of benzene rings is 2. The molecule has 3 aromatic rings. The van der Waals surface area contributed by atoms with Gasteiger partial charge in [-0.25, -0.2) is 9.59 Å². The Morgan fingerprint density at radius 2 is 1.85 bits per heavy atom. The van der Waals surface area contributed by atoms with Crippen LogP contribution in [0.5, 0.6) is 0 Å². The smallest absolute Gasteiger partial charge is 0.419 e. The molecule has 27 heavy (non-hydrogen) atoms. The van der Waals surface area contributed by atoms with E-state index in [9.17, 15) is 14.4 Å². The average Bonchev–Trinajstić information content (AvgIpc) is 2.99. The second kappa shape index (κ2) is 8.35. The van der Waals surface area contributed by atoms with Gasteiger partial charge < -0.3 is 14.5 Å². The van der Waals surface area contributed by atoms with E-state index >= 15 is 0 Å². The molecular formula is C20H20N2O5. The summed E-state index contributed by atoms with van der Waals surface area (Å²) < 4.78 is 12.0. The highest BCUT2D eigenvalue weighted by Gasteiger charge is 2.10. The molecule has 0 unspecified atom stereocenters. The first kappa shape index (κ1) is 18.4. The molecule has 140 valence electrons. The molecule has 0 saturated heterocycles. The van der Waals surface area contributed by atoms with E-state index in [2.05, 4.69) is 5.32 Å². The Morgan fingerprint density at radius 3 is 2.59 bits per heavy atom. The molecule has 3 rings (SSSR count). The Hall–Kier alpha value is -3.35. The highest BCUT2D eigenvalue weighted by molar-refractivity contribution is 5.89. The van der Waals surface area contributed by atoms with E-state index in [4.69, 9.17) is 9.15 Å². The number of fused-ring (bicyclic) bond motifs is 1. The van der Waals surface area contributed by atoms with Gasteiger partial charge in [0.1, 0.15) is 0 Å². The molecule has 0 saturated carbocycles. The fraction of sp³-hybridized carbons (Fsp3) is 0.250. The minimum Gasteiger partial charge on any atom is -0.462 e. The van der Waals surface area contributed by atoms with Crippen LogP contribution in [0.25, 0.3) is 11.1 Å². The lowest BCUT2D eigenvalue weighted by atomic mass is 10.1. The number of hydrogen-bond donors (Lipinski definition) is 1. The molecule has 0 aliphatic heterocycles. The van der Waals surface area contributed by atoms with Gasteiger partial charge in [0.2, 0.25) is 5.91 Å². The molecular weight excluding hydrogens is 348 g/mol. The Bertz CT molecular complexity index is 1000. The minimum absolute atomic E-state index is 0.108. The normalized spacial score (nSPS) is 10.7. The van der Waals surface area contributed by atoms with Gasteiger partial charge in [-0.2, -0.15) is 0 Å². The average molecular weight is 368 g/mol. The summed E-state index contributed by atoms with van der Waals surface area (Å²) in [6.07, 6.45) is 0.496. The van der Waals surface area contributed by atoms with Crippen LogP contribution < -0.4 is 11.1 Å². The zero-order chi connectivity index (χ0) is 19.2. The second-order valence-corrected chi connectivity index (χ2v) is 6.08. The van der Waals surface area contributed by atoms with E-state index < -0.39 is 11.7 Å². The summed E-state index contributed by atoms with van der Waals surface area (Å²) in [5, 5.41) is 2.69. The van der Waals surface area contributed by atoms with Crippen molar-refractivity contribution in [3.05, 3.63) is 70.2 Å². The SMILES string of the molecule is CC(=O)NCc1ccc(C(=O)OCCCn2c(=O)oc3ccccc32)cc1. The summed E-state index contributed by atoms with van der Waals surface area (Å²) in [5.74, 6) is -0.953. The molecule has 1 aromatic heterocycles. The maximum Gasteiger partial charge on any atom is 0.419 e. The lowest BCUT2D eigenvalue weighted by Crippen LogP contribution is -2.19. The summed E-state index contributed by atoms with van der Waals surface area (Å²) in [6.45, 7) is 2.46. The van der Waals surface area contributed by atoms with Crippen molar-refractivity contribution in [3.63, 3.8) is 0 Å². The van der Waals surface area contributed by atoms with Crippen molar-refractivity contribution in [2.75, 3.05) is 6.61 Å². The first-order valence-corrected chi connectivity index (χ1v) is 8.63. The van der Waals surface area contributed by atoms with Crippen molar-refractivity contribution in [2.45, 2.75) is 26.4 Å². The number of ether oxygens (including phenoxy) is 1. The van der Waals surface area contributed by atoms with E-state index in [-0.39, 0.29) is 12.5 Å². The summed E-state index contributed by atoms with van der Waals surface area (Å²) in [7, 11) is 0. The molecule has 0 aliphatic rings. The third-order valence-electron chi connectivity index (χ3n) is 4.06. The number of hydrogen-bond acceptors (Lipinski definition) is 5. The van der Waals surface area contributed by atoms with Crippen molar-refractivity contribution >= 4 is 23.0 Å². The molecule has 1 heterocycles. The summed E-state index contributed by atoms with van der Waals surface area (Å²) in [6, 6.07) is 14.1. The maximum atomic E-state index is 12.1. The fourth-order valence-corrected chi connectivity index (χ4v) is 2.68. The number of para-hydroxylation sites is 2. The van der Waals surface area contributed by atoms with Gasteiger partial charge in [-0.3, -0.25) is 9.36 Å². The lowest BCUT2D eigenvalue weighted by Gasteiger charge is -2.07. The predicted octanol–water partition coefficient (Wildman–Crippen LogP) is 2.48. The topological polar surface area (TPSA) is 90.5 Å². The molecule has 0 spiro atoms. The van der Waals surface area contributed by atoms with E-state index in [0.717, 1.165) is 11.1 Å². The number of amides is 1. The van der Waals surface area contributed by atoms with Crippen LogP contribution in [0.1, 0.15) is 29.3 Å². The van der Waals surface area contributed by atoms with Crippen LogP contribution >= 0.6 is 0 Å². The largest absolute Gasteiger partial charge is 0.462 e. The summed E-state index contributed by atoms with van der Waals surface area (Å²) in [4.78, 5) is 34.9. The zero-order valence-corrected chi connectivity index (χ0v) is 14.9. The maximum absolute atomic E-state index is 12.1. The number of esters is 1. The molecule has 7 heteroatoms. The number of carbonyl (C=O) groups excluding carboxylic acids is 2. The molecule has 0 atom stereocenters. The van der Waals surface area contributed by atoms with Gasteiger partial charge >= 0.3 is 11.7 Å². The Morgan fingerprint density at radius 1 is 1.11 bits per heavy atom. The van der Waals surface area contributed by atoms with Crippen LogP contribution in [0.3, 0.4) is 0 Å². The van der Waals surface area contributed by atoms with Crippen molar-refractivity contribution in [1.29, 1.82) is 0 Å². The van der Waals surface area contributed by atoms with Gasteiger partial charge in [0, 0.05) is 20.0 Å². The number of rotatable bonds is 7. The van der Waals surface area contributed by atoms with Crippen molar-refractivity contribution in [3.8, 4) is 0 Å². The third-order valence-corrected chi connectivity index (χ3v) is 4.06. The van der Waals surface area contributed by atoms with Gasteiger partial charge in [-0.1, -0.05) is 24.3 Å². The third kappa shape index (κ3) is 4.63. The zero-order valence-electron chi connectivity index (χ0n) is 14.9. The number of nitrogens with zero attached hydrogens (tertiary/aromatic N) is 1. The van der Waals surface area contributed by atoms with Gasteiger partial charge in [0.15, 0.2) is 5.58 Å². The van der Waals surface area contributed by atoms with Crippen LogP contribution in [-0.4, -0.2) is 23.1 Å². The first-order valence-electron chi connectivity index (χ1n) is 8.63. The Balaban J connectivity index is 1.50. The van der Waals surface area contributed by atoms with Crippen molar-refractivity contribution in [2.24, 2.45) is 0 Å². The van der Waals surface area contributed by atoms with Crippen LogP contribution in [0.2, 0.25) is 0 Å². The number of nitrogens with one attached hydrogen (secondary N) is 1. The molecule has 0 radical (unpaired) electrons. The fourth-order valence-electron chi connectivity index (χ4n) is 2.68. The van der Waals surface area contributed by atoms with E-state index in [1.807, 2.05) is 12.1 Å². The van der Waals surface area contributed by atoms with Gasteiger partial charge in [0.05, 0.1) is 17.7 Å². The highest BCUT2D eigenvalue weighted by atomic mass is 16.5. The van der Waals surface area contributed by atoms with Gasteiger partial charge in [-0.15, -0.1) is 0 Å². The second-order valence-electron chi connectivity index (χ2n) is 6.08. The monoisotopic (exact) mass is 368 g/mol. The Kier molecular flexibility index (Phi) is 5.71. The Labute approximate surface area is 155 Å². The molecule has 0 bridgehead atoms. The number of aromatic nitrogens is 1. The van der Waals surface area contributed by atoms with Crippen LogP contribution in [-0.2, 0) is 22.6 Å². The van der Waals surface area contributed by atoms with Gasteiger partial charge in [0.25, 0.3) is 0 Å².